The fourth-order valence-corrected chi connectivity index (χ4v) is 2.57. The number of nitrogens with one attached hydrogen (secondary N) is 1. The molecular formula is C19H25N3O5. The lowest BCUT2D eigenvalue weighted by atomic mass is 10.1. The monoisotopic (exact) mass is 375 g/mol. The minimum atomic E-state index is -0.844. The molecule has 0 atom stereocenters. The molecule has 0 spiro atoms. The van der Waals surface area contributed by atoms with Gasteiger partial charge in [0.1, 0.15) is 23.5 Å². The molecule has 8 nitrogen and oxygen atoms in total. The minimum absolute atomic E-state index is 0.107. The van der Waals surface area contributed by atoms with E-state index in [2.05, 4.69) is 10.3 Å². The first-order valence-corrected chi connectivity index (χ1v) is 8.64. The molecule has 0 saturated carbocycles. The first-order valence-electron chi connectivity index (χ1n) is 8.64. The molecule has 0 bridgehead atoms. The highest BCUT2D eigenvalue weighted by molar-refractivity contribution is 6.03. The predicted molar refractivity (Wildman–Crippen MR) is 101 cm³/mol. The Hall–Kier alpha value is -2.90. The third-order valence-electron chi connectivity index (χ3n) is 3.91. The Labute approximate surface area is 157 Å². The largest absolute Gasteiger partial charge is 0.506 e. The van der Waals surface area contributed by atoms with Crippen LogP contribution in [0, 0.1) is 0 Å². The highest BCUT2D eigenvalue weighted by Gasteiger charge is 2.23. The SMILES string of the molecule is CC(C)c1cc2c(O)c(C(=O)NCC(=O)OC(C)(C)C)c(=O)n(C)c2cn1. The van der Waals surface area contributed by atoms with E-state index in [1.54, 1.807) is 26.8 Å². The van der Waals surface area contributed by atoms with E-state index in [0.29, 0.717) is 10.9 Å². The summed E-state index contributed by atoms with van der Waals surface area (Å²) < 4.78 is 6.36. The van der Waals surface area contributed by atoms with Crippen LogP contribution in [0.25, 0.3) is 10.9 Å². The Morgan fingerprint density at radius 1 is 1.33 bits per heavy atom. The summed E-state index contributed by atoms with van der Waals surface area (Å²) >= 11 is 0. The second-order valence-electron chi connectivity index (χ2n) is 7.64. The van der Waals surface area contributed by atoms with Gasteiger partial charge in [0.15, 0.2) is 0 Å². The van der Waals surface area contributed by atoms with E-state index >= 15 is 0 Å². The van der Waals surface area contributed by atoms with E-state index in [1.165, 1.54) is 17.8 Å². The molecule has 0 fully saturated rings. The van der Waals surface area contributed by atoms with E-state index in [9.17, 15) is 19.5 Å². The molecule has 0 aliphatic carbocycles. The van der Waals surface area contributed by atoms with Crippen molar-refractivity contribution in [1.29, 1.82) is 0 Å². The van der Waals surface area contributed by atoms with Gasteiger partial charge < -0.3 is 19.7 Å². The third kappa shape index (κ3) is 4.45. The molecule has 1 amide bonds. The summed E-state index contributed by atoms with van der Waals surface area (Å²) in [7, 11) is 1.49. The molecule has 0 radical (unpaired) electrons. The highest BCUT2D eigenvalue weighted by Crippen LogP contribution is 2.27. The second kappa shape index (κ2) is 7.38. The maximum absolute atomic E-state index is 12.5. The summed E-state index contributed by atoms with van der Waals surface area (Å²) in [5.74, 6) is -1.81. The normalized spacial score (nSPS) is 11.7. The summed E-state index contributed by atoms with van der Waals surface area (Å²) in [6.45, 7) is 8.60. The molecule has 0 saturated heterocycles. The number of hydrogen-bond donors (Lipinski definition) is 2. The van der Waals surface area contributed by atoms with Gasteiger partial charge in [-0.2, -0.15) is 0 Å². The lowest BCUT2D eigenvalue weighted by Gasteiger charge is -2.19. The van der Waals surface area contributed by atoms with Crippen molar-refractivity contribution in [3.05, 3.63) is 33.9 Å². The number of carbonyl (C=O) groups is 2. The predicted octanol–water partition coefficient (Wildman–Crippen LogP) is 1.83. The van der Waals surface area contributed by atoms with E-state index in [-0.39, 0.29) is 5.92 Å². The van der Waals surface area contributed by atoms with Crippen molar-refractivity contribution in [3.63, 3.8) is 0 Å². The summed E-state index contributed by atoms with van der Waals surface area (Å²) in [6, 6.07) is 1.65. The van der Waals surface area contributed by atoms with Crippen LogP contribution in [-0.4, -0.2) is 38.7 Å². The number of hydrogen-bond acceptors (Lipinski definition) is 6. The van der Waals surface area contributed by atoms with Gasteiger partial charge in [-0.3, -0.25) is 19.4 Å². The fourth-order valence-electron chi connectivity index (χ4n) is 2.57. The topological polar surface area (TPSA) is 111 Å². The van der Waals surface area contributed by atoms with Crippen LogP contribution < -0.4 is 10.9 Å². The molecule has 0 aliphatic rings. The Morgan fingerprint density at radius 3 is 2.52 bits per heavy atom. The Morgan fingerprint density at radius 2 is 1.96 bits per heavy atom. The van der Waals surface area contributed by atoms with Crippen LogP contribution in [0.2, 0.25) is 0 Å². The van der Waals surface area contributed by atoms with E-state index in [0.717, 1.165) is 5.69 Å². The molecule has 2 rings (SSSR count). The standard InChI is InChI=1S/C19H25N3O5/c1-10(2)12-7-11-13(8-20-12)22(6)18(26)15(16(11)24)17(25)21-9-14(23)27-19(3,4)5/h7-8,10,24H,9H2,1-6H3,(H,21,25). The molecule has 0 aliphatic heterocycles. The van der Waals surface area contributed by atoms with Gasteiger partial charge >= 0.3 is 5.97 Å². The molecule has 2 heterocycles. The molecule has 8 heteroatoms. The van der Waals surface area contributed by atoms with Crippen LogP contribution in [0.15, 0.2) is 17.1 Å². The van der Waals surface area contributed by atoms with E-state index in [1.807, 2.05) is 13.8 Å². The minimum Gasteiger partial charge on any atom is -0.506 e. The highest BCUT2D eigenvalue weighted by atomic mass is 16.6. The fraction of sp³-hybridized carbons (Fsp3) is 0.474. The molecule has 146 valence electrons. The van der Waals surface area contributed by atoms with Gasteiger partial charge in [0.25, 0.3) is 11.5 Å². The number of fused-ring (bicyclic) bond motifs is 1. The zero-order valence-electron chi connectivity index (χ0n) is 16.4. The number of aromatic hydroxyl groups is 1. The number of carbonyl (C=O) groups excluding carboxylic acids is 2. The molecular weight excluding hydrogens is 350 g/mol. The number of aromatic nitrogens is 2. The van der Waals surface area contributed by atoms with Crippen LogP contribution in [-0.2, 0) is 16.6 Å². The molecule has 2 aromatic rings. The molecule has 0 unspecified atom stereocenters. The molecule has 27 heavy (non-hydrogen) atoms. The molecule has 2 N–H and O–H groups in total. The lowest BCUT2D eigenvalue weighted by molar-refractivity contribution is -0.153. The van der Waals surface area contributed by atoms with Gasteiger partial charge in [-0.25, -0.2) is 0 Å². The zero-order chi connectivity index (χ0) is 20.5. The number of esters is 1. The quantitative estimate of drug-likeness (QED) is 0.789. The van der Waals surface area contributed by atoms with Crippen LogP contribution in [0.1, 0.15) is 56.6 Å². The third-order valence-corrected chi connectivity index (χ3v) is 3.91. The Bertz CT molecular complexity index is 954. The van der Waals surface area contributed by atoms with Gasteiger partial charge in [0.2, 0.25) is 0 Å². The Balaban J connectivity index is 2.41. The number of aryl methyl sites for hydroxylation is 1. The molecule has 0 aromatic carbocycles. The van der Waals surface area contributed by atoms with Crippen molar-refractivity contribution in [1.82, 2.24) is 14.9 Å². The smallest absolute Gasteiger partial charge is 0.325 e. The lowest BCUT2D eigenvalue weighted by Crippen LogP contribution is -2.37. The van der Waals surface area contributed by atoms with E-state index in [4.69, 9.17) is 4.74 Å². The van der Waals surface area contributed by atoms with Gasteiger partial charge in [-0.1, -0.05) is 13.8 Å². The maximum Gasteiger partial charge on any atom is 0.325 e. The molecule has 2 aromatic heterocycles. The van der Waals surface area contributed by atoms with Gasteiger partial charge in [0, 0.05) is 18.1 Å². The number of amides is 1. The zero-order valence-corrected chi connectivity index (χ0v) is 16.4. The number of pyridine rings is 2. The second-order valence-corrected chi connectivity index (χ2v) is 7.64. The van der Waals surface area contributed by atoms with Crippen LogP contribution in [0.3, 0.4) is 0 Å². The van der Waals surface area contributed by atoms with Crippen LogP contribution in [0.5, 0.6) is 5.75 Å². The summed E-state index contributed by atoms with van der Waals surface area (Å²) in [5.41, 5.74) is -0.666. The number of nitrogens with zero attached hydrogens (tertiary/aromatic N) is 2. The van der Waals surface area contributed by atoms with Crippen LogP contribution >= 0.6 is 0 Å². The van der Waals surface area contributed by atoms with Crippen molar-refractivity contribution >= 4 is 22.8 Å². The van der Waals surface area contributed by atoms with E-state index < -0.39 is 40.9 Å². The summed E-state index contributed by atoms with van der Waals surface area (Å²) in [6.07, 6.45) is 1.49. The van der Waals surface area contributed by atoms with Crippen molar-refractivity contribution < 1.29 is 19.4 Å². The van der Waals surface area contributed by atoms with Gasteiger partial charge in [0.05, 0.1) is 11.7 Å². The maximum atomic E-state index is 12.5. The summed E-state index contributed by atoms with van der Waals surface area (Å²) in [5, 5.41) is 13.2. The van der Waals surface area contributed by atoms with Crippen molar-refractivity contribution in [3.8, 4) is 5.75 Å². The van der Waals surface area contributed by atoms with Gasteiger partial charge in [-0.15, -0.1) is 0 Å². The number of rotatable bonds is 4. The van der Waals surface area contributed by atoms with Gasteiger partial charge in [-0.05, 0) is 32.8 Å². The summed E-state index contributed by atoms with van der Waals surface area (Å²) in [4.78, 5) is 41.1. The number of ether oxygens (including phenoxy) is 1. The average Bonchev–Trinajstić information content (AvgIpc) is 2.56. The van der Waals surface area contributed by atoms with Crippen molar-refractivity contribution in [2.75, 3.05) is 6.54 Å². The van der Waals surface area contributed by atoms with Crippen LogP contribution in [0.4, 0.5) is 0 Å². The van der Waals surface area contributed by atoms with Crippen molar-refractivity contribution in [2.24, 2.45) is 7.05 Å². The van der Waals surface area contributed by atoms with Crippen molar-refractivity contribution in [2.45, 2.75) is 46.1 Å². The first-order chi connectivity index (χ1) is 12.4. The first kappa shape index (κ1) is 20.4. The average molecular weight is 375 g/mol. The Kier molecular flexibility index (Phi) is 5.58.